The molecule has 0 atom stereocenters. The highest BCUT2D eigenvalue weighted by atomic mass is 15.1. The molecule has 6 heteroatoms. The first-order chi connectivity index (χ1) is 18.6. The minimum Gasteiger partial charge on any atom is -0.359 e. The third kappa shape index (κ3) is 4.34. The van der Waals surface area contributed by atoms with Gasteiger partial charge >= 0.3 is 0 Å². The maximum Gasteiger partial charge on any atom is 0.116 e. The Morgan fingerprint density at radius 3 is 2.68 bits per heavy atom. The number of fused-ring (bicyclic) bond motifs is 2. The van der Waals surface area contributed by atoms with Gasteiger partial charge in [-0.3, -0.25) is 15.1 Å². The van der Waals surface area contributed by atoms with E-state index in [1.54, 1.807) is 6.20 Å². The van der Waals surface area contributed by atoms with Crippen LogP contribution in [0.1, 0.15) is 31.7 Å². The van der Waals surface area contributed by atoms with E-state index in [9.17, 15) is 0 Å². The number of H-pyrrole nitrogens is 2. The highest BCUT2D eigenvalue weighted by Gasteiger charge is 2.20. The Kier molecular flexibility index (Phi) is 6.22. The molecule has 0 radical (unpaired) electrons. The van der Waals surface area contributed by atoms with Gasteiger partial charge < -0.3 is 10.3 Å². The molecule has 0 saturated heterocycles. The van der Waals surface area contributed by atoms with Gasteiger partial charge in [0.05, 0.1) is 22.9 Å². The Bertz CT molecular complexity index is 1710. The molecule has 1 aliphatic rings. The molecule has 0 bridgehead atoms. The monoisotopic (exact) mass is 498 g/mol. The van der Waals surface area contributed by atoms with E-state index in [4.69, 9.17) is 0 Å². The van der Waals surface area contributed by atoms with Crippen LogP contribution in [0.5, 0.6) is 0 Å². The fourth-order valence-corrected chi connectivity index (χ4v) is 5.02. The topological polar surface area (TPSA) is 82.3 Å². The van der Waals surface area contributed by atoms with Crippen LogP contribution in [0.25, 0.3) is 49.9 Å². The first kappa shape index (κ1) is 23.7. The molecule has 5 aromatic rings. The van der Waals surface area contributed by atoms with Gasteiger partial charge in [0.2, 0.25) is 0 Å². The van der Waals surface area contributed by atoms with Crippen molar-refractivity contribution >= 4 is 27.4 Å². The molecule has 0 spiro atoms. The Morgan fingerprint density at radius 1 is 1.05 bits per heavy atom. The summed E-state index contributed by atoms with van der Waals surface area (Å²) in [6.07, 6.45) is 17.2. The maximum absolute atomic E-state index is 4.68. The van der Waals surface area contributed by atoms with E-state index < -0.39 is 0 Å². The summed E-state index contributed by atoms with van der Waals surface area (Å²) in [5.74, 6) is 0.558. The zero-order valence-corrected chi connectivity index (χ0v) is 21.5. The van der Waals surface area contributed by atoms with Crippen molar-refractivity contribution in [1.82, 2.24) is 30.5 Å². The SMILES string of the molecule is C=C/C(=C\C(=C/C)c1ccc2[nH]nc(-c3cc4c(-c5cccnc5)cncc4[nH]3)c2c1)NC(=C)C1CCC1. The Hall–Kier alpha value is -4.71. The number of aromatic amines is 2. The van der Waals surface area contributed by atoms with Crippen LogP contribution in [-0.4, -0.2) is 25.1 Å². The molecule has 4 aromatic heterocycles. The molecular weight excluding hydrogens is 468 g/mol. The quantitative estimate of drug-likeness (QED) is 0.193. The maximum atomic E-state index is 4.68. The van der Waals surface area contributed by atoms with E-state index in [0.717, 1.165) is 66.9 Å². The molecule has 6 nitrogen and oxygen atoms in total. The standard InChI is InChI=1S/C32H30N6/c1-4-21(14-25(5-2)35-20(3)22-8-6-9-22)23-11-12-29-27(15-23)32(38-37-29)30-16-26-28(18-34-19-31(26)36-30)24-10-7-13-33-17-24/h4-5,7,10-19,22,35-36H,2-3,6,8-9H2,1H3,(H,37,38)/b21-4+,25-14+. The summed E-state index contributed by atoms with van der Waals surface area (Å²) in [7, 11) is 0. The van der Waals surface area contributed by atoms with E-state index in [1.807, 2.05) is 36.8 Å². The lowest BCUT2D eigenvalue weighted by molar-refractivity contribution is 0.356. The summed E-state index contributed by atoms with van der Waals surface area (Å²) in [6, 6.07) is 12.5. The predicted molar refractivity (Wildman–Crippen MR) is 156 cm³/mol. The van der Waals surface area contributed by atoms with Gasteiger partial charge in [-0.1, -0.05) is 37.8 Å². The number of pyridine rings is 2. The van der Waals surface area contributed by atoms with E-state index in [-0.39, 0.29) is 0 Å². The number of nitrogens with zero attached hydrogens (tertiary/aromatic N) is 3. The van der Waals surface area contributed by atoms with Gasteiger partial charge in [-0.2, -0.15) is 5.10 Å². The number of rotatable bonds is 8. The third-order valence-corrected chi connectivity index (χ3v) is 7.41. The number of hydrogen-bond donors (Lipinski definition) is 3. The van der Waals surface area contributed by atoms with E-state index in [1.165, 1.54) is 19.3 Å². The van der Waals surface area contributed by atoms with Crippen molar-refractivity contribution in [3.63, 3.8) is 0 Å². The zero-order valence-electron chi connectivity index (χ0n) is 21.5. The molecule has 1 fully saturated rings. The average molecular weight is 499 g/mol. The normalized spacial score (nSPS) is 14.6. The summed E-state index contributed by atoms with van der Waals surface area (Å²) < 4.78 is 0. The minimum atomic E-state index is 0.558. The van der Waals surface area contributed by atoms with Crippen molar-refractivity contribution in [2.24, 2.45) is 5.92 Å². The van der Waals surface area contributed by atoms with Crippen LogP contribution in [0.3, 0.4) is 0 Å². The highest BCUT2D eigenvalue weighted by Crippen LogP contribution is 2.35. The second-order valence-electron chi connectivity index (χ2n) is 9.73. The second-order valence-corrected chi connectivity index (χ2v) is 9.73. The Labute approximate surface area is 221 Å². The number of nitrogens with one attached hydrogen (secondary N) is 3. The van der Waals surface area contributed by atoms with Crippen molar-refractivity contribution in [2.75, 3.05) is 0 Å². The number of hydrogen-bond acceptors (Lipinski definition) is 4. The van der Waals surface area contributed by atoms with Gasteiger partial charge in [-0.15, -0.1) is 0 Å². The fourth-order valence-electron chi connectivity index (χ4n) is 5.02. The molecule has 38 heavy (non-hydrogen) atoms. The lowest BCUT2D eigenvalue weighted by Gasteiger charge is -2.28. The Morgan fingerprint density at radius 2 is 1.95 bits per heavy atom. The first-order valence-electron chi connectivity index (χ1n) is 13.0. The van der Waals surface area contributed by atoms with Crippen molar-refractivity contribution in [1.29, 1.82) is 0 Å². The van der Waals surface area contributed by atoms with E-state index >= 15 is 0 Å². The van der Waals surface area contributed by atoms with Crippen molar-refractivity contribution < 1.29 is 0 Å². The summed E-state index contributed by atoms with van der Waals surface area (Å²) in [5, 5.41) is 13.5. The third-order valence-electron chi connectivity index (χ3n) is 7.41. The number of benzene rings is 1. The van der Waals surface area contributed by atoms with Gasteiger partial charge in [-0.05, 0) is 73.2 Å². The fraction of sp³-hybridized carbons (Fsp3) is 0.156. The lowest BCUT2D eigenvalue weighted by Crippen LogP contribution is -2.23. The van der Waals surface area contributed by atoms with Crippen LogP contribution in [0, 0.1) is 5.92 Å². The molecule has 1 aromatic carbocycles. The van der Waals surface area contributed by atoms with Crippen LogP contribution >= 0.6 is 0 Å². The van der Waals surface area contributed by atoms with Gasteiger partial charge in [0.1, 0.15) is 5.69 Å². The van der Waals surface area contributed by atoms with Gasteiger partial charge in [0.25, 0.3) is 0 Å². The van der Waals surface area contributed by atoms with Crippen molar-refractivity contribution in [2.45, 2.75) is 26.2 Å². The van der Waals surface area contributed by atoms with Gasteiger partial charge in [-0.25, -0.2) is 0 Å². The largest absolute Gasteiger partial charge is 0.359 e. The summed E-state index contributed by atoms with van der Waals surface area (Å²) >= 11 is 0. The van der Waals surface area contributed by atoms with Crippen LogP contribution in [-0.2, 0) is 0 Å². The molecule has 1 aliphatic carbocycles. The van der Waals surface area contributed by atoms with Crippen molar-refractivity contribution in [3.8, 4) is 22.5 Å². The summed E-state index contributed by atoms with van der Waals surface area (Å²) in [6.45, 7) is 10.3. The van der Waals surface area contributed by atoms with Crippen molar-refractivity contribution in [3.05, 3.63) is 110 Å². The molecule has 6 rings (SSSR count). The van der Waals surface area contributed by atoms with Crippen LogP contribution in [0.2, 0.25) is 0 Å². The number of allylic oxidation sites excluding steroid dienone is 5. The molecular formula is C32H30N6. The molecule has 3 N–H and O–H groups in total. The molecule has 0 unspecified atom stereocenters. The van der Waals surface area contributed by atoms with Crippen LogP contribution < -0.4 is 5.32 Å². The second kappa shape index (κ2) is 9.98. The molecule has 0 aliphatic heterocycles. The molecule has 188 valence electrons. The zero-order chi connectivity index (χ0) is 26.1. The Balaban J connectivity index is 1.37. The smallest absolute Gasteiger partial charge is 0.116 e. The van der Waals surface area contributed by atoms with Gasteiger partial charge in [0, 0.05) is 51.9 Å². The van der Waals surface area contributed by atoms with Crippen LogP contribution in [0.15, 0.2) is 104 Å². The molecule has 4 heterocycles. The lowest BCUT2D eigenvalue weighted by atomic mass is 9.83. The van der Waals surface area contributed by atoms with Gasteiger partial charge in [0.15, 0.2) is 0 Å². The molecule has 1 saturated carbocycles. The van der Waals surface area contributed by atoms with Crippen LogP contribution in [0.4, 0.5) is 0 Å². The minimum absolute atomic E-state index is 0.558. The average Bonchev–Trinajstić information content (AvgIpc) is 3.54. The predicted octanol–water partition coefficient (Wildman–Crippen LogP) is 7.54. The van der Waals surface area contributed by atoms with E-state index in [2.05, 4.69) is 87.0 Å². The highest BCUT2D eigenvalue weighted by molar-refractivity contribution is 6.01. The number of aromatic nitrogens is 5. The first-order valence-corrected chi connectivity index (χ1v) is 13.0. The van der Waals surface area contributed by atoms with E-state index in [0.29, 0.717) is 5.92 Å². The summed E-state index contributed by atoms with van der Waals surface area (Å²) in [4.78, 5) is 12.2. The summed E-state index contributed by atoms with van der Waals surface area (Å²) in [5.41, 5.74) is 10.0. The molecule has 0 amide bonds.